The topological polar surface area (TPSA) is 40.5 Å². The monoisotopic (exact) mass is 192 g/mol. The molecule has 2 nitrogen and oxygen atoms in total. The average molecular weight is 192 g/mol. The van der Waals surface area contributed by atoms with Gasteiger partial charge in [-0.05, 0) is 25.7 Å². The molecule has 14 heavy (non-hydrogen) atoms. The number of hydrogen-bond acceptors (Lipinski definition) is 2. The molecule has 0 aromatic heterocycles. The van der Waals surface area contributed by atoms with Crippen molar-refractivity contribution in [1.82, 2.24) is 0 Å². The van der Waals surface area contributed by atoms with E-state index in [4.69, 9.17) is 0 Å². The Morgan fingerprint density at radius 2 is 1.21 bits per heavy atom. The lowest BCUT2D eigenvalue weighted by molar-refractivity contribution is 0.172. The molecule has 0 aliphatic heterocycles. The first-order valence-electron chi connectivity index (χ1n) is 5.12. The van der Waals surface area contributed by atoms with E-state index in [2.05, 4.69) is 23.7 Å². The van der Waals surface area contributed by atoms with Gasteiger partial charge in [-0.1, -0.05) is 11.8 Å². The fraction of sp³-hybridized carbons (Fsp3) is 0.667. The molecule has 0 amide bonds. The van der Waals surface area contributed by atoms with Crippen molar-refractivity contribution < 1.29 is 10.2 Å². The van der Waals surface area contributed by atoms with Gasteiger partial charge in [0.2, 0.25) is 0 Å². The van der Waals surface area contributed by atoms with E-state index in [1.165, 1.54) is 0 Å². The molecule has 0 heterocycles. The summed E-state index contributed by atoms with van der Waals surface area (Å²) in [6.45, 7) is 0. The van der Waals surface area contributed by atoms with Crippen molar-refractivity contribution in [2.75, 3.05) is 0 Å². The summed E-state index contributed by atoms with van der Waals surface area (Å²) in [6.07, 6.45) is 3.50. The van der Waals surface area contributed by atoms with Crippen molar-refractivity contribution in [3.63, 3.8) is 0 Å². The maximum atomic E-state index is 9.38. The number of aliphatic hydroxyl groups is 2. The highest BCUT2D eigenvalue weighted by molar-refractivity contribution is 5.08. The molecule has 0 radical (unpaired) electrons. The van der Waals surface area contributed by atoms with Gasteiger partial charge in [0.1, 0.15) is 12.2 Å². The summed E-state index contributed by atoms with van der Waals surface area (Å²) in [6, 6.07) is 0. The molecule has 2 heteroatoms. The third-order valence-electron chi connectivity index (χ3n) is 2.10. The Bertz CT molecular complexity index is 244. The first kappa shape index (κ1) is 11.1. The van der Waals surface area contributed by atoms with Gasteiger partial charge in [0.15, 0.2) is 0 Å². The summed E-state index contributed by atoms with van der Waals surface area (Å²) in [4.78, 5) is 0. The van der Waals surface area contributed by atoms with Crippen LogP contribution in [0.1, 0.15) is 38.5 Å². The Morgan fingerprint density at radius 1 is 0.786 bits per heavy atom. The van der Waals surface area contributed by atoms with Crippen LogP contribution in [0.3, 0.4) is 0 Å². The van der Waals surface area contributed by atoms with Crippen molar-refractivity contribution in [2.45, 2.75) is 50.7 Å². The Balaban J connectivity index is 2.47. The van der Waals surface area contributed by atoms with Crippen LogP contribution in [0.25, 0.3) is 0 Å². The van der Waals surface area contributed by atoms with Gasteiger partial charge in [-0.15, -0.1) is 11.8 Å². The lowest BCUT2D eigenvalue weighted by Crippen LogP contribution is -2.10. The molecule has 1 aliphatic carbocycles. The second-order valence-corrected chi connectivity index (χ2v) is 3.46. The molecule has 0 saturated carbocycles. The molecular formula is C12H16O2. The van der Waals surface area contributed by atoms with Crippen LogP contribution in [0.2, 0.25) is 0 Å². The highest BCUT2D eigenvalue weighted by Crippen LogP contribution is 2.03. The molecule has 0 saturated heterocycles. The summed E-state index contributed by atoms with van der Waals surface area (Å²) in [7, 11) is 0. The van der Waals surface area contributed by atoms with Crippen LogP contribution in [-0.4, -0.2) is 22.4 Å². The SMILES string of the molecule is OC1C#CCCCCC#CC(O)CC1. The second-order valence-electron chi connectivity index (χ2n) is 3.46. The maximum absolute atomic E-state index is 9.38. The van der Waals surface area contributed by atoms with Crippen molar-refractivity contribution >= 4 is 0 Å². The summed E-state index contributed by atoms with van der Waals surface area (Å²) in [5, 5.41) is 18.8. The molecule has 2 N–H and O–H groups in total. The van der Waals surface area contributed by atoms with Crippen molar-refractivity contribution in [3.05, 3.63) is 0 Å². The maximum Gasteiger partial charge on any atom is 0.114 e. The van der Waals surface area contributed by atoms with Gasteiger partial charge in [-0.2, -0.15) is 0 Å². The molecule has 0 bridgehead atoms. The lowest BCUT2D eigenvalue weighted by atomic mass is 10.1. The summed E-state index contributed by atoms with van der Waals surface area (Å²) >= 11 is 0. The van der Waals surface area contributed by atoms with Gasteiger partial charge in [0.25, 0.3) is 0 Å². The van der Waals surface area contributed by atoms with Crippen LogP contribution in [-0.2, 0) is 0 Å². The van der Waals surface area contributed by atoms with Crippen LogP contribution in [0.4, 0.5) is 0 Å². The van der Waals surface area contributed by atoms with E-state index in [1.807, 2.05) is 0 Å². The zero-order valence-corrected chi connectivity index (χ0v) is 8.29. The standard InChI is InChI=1S/C12H16O2/c13-11-7-5-3-1-2-4-6-8-12(14)10-9-11/h11-14H,1-4,9-10H2. The Labute approximate surface area is 85.3 Å². The fourth-order valence-corrected chi connectivity index (χ4v) is 1.27. The average Bonchev–Trinajstić information content (AvgIpc) is 2.17. The van der Waals surface area contributed by atoms with E-state index in [9.17, 15) is 10.2 Å². The minimum Gasteiger partial charge on any atom is -0.380 e. The van der Waals surface area contributed by atoms with E-state index in [1.54, 1.807) is 0 Å². The van der Waals surface area contributed by atoms with Gasteiger partial charge in [-0.3, -0.25) is 0 Å². The van der Waals surface area contributed by atoms with Crippen LogP contribution in [0, 0.1) is 23.7 Å². The van der Waals surface area contributed by atoms with Gasteiger partial charge >= 0.3 is 0 Å². The smallest absolute Gasteiger partial charge is 0.114 e. The van der Waals surface area contributed by atoms with Gasteiger partial charge in [0.05, 0.1) is 0 Å². The van der Waals surface area contributed by atoms with E-state index in [0.29, 0.717) is 12.8 Å². The number of aliphatic hydroxyl groups excluding tert-OH is 2. The predicted octanol–water partition coefficient (Wildman–Crippen LogP) is 1.07. The highest BCUT2D eigenvalue weighted by Gasteiger charge is 2.04. The van der Waals surface area contributed by atoms with Crippen LogP contribution >= 0.6 is 0 Å². The minimum atomic E-state index is -0.606. The quantitative estimate of drug-likeness (QED) is 0.564. The fourth-order valence-electron chi connectivity index (χ4n) is 1.27. The molecule has 0 spiro atoms. The largest absolute Gasteiger partial charge is 0.380 e. The molecule has 2 unspecified atom stereocenters. The molecule has 1 rings (SSSR count). The molecule has 2 atom stereocenters. The molecule has 76 valence electrons. The van der Waals surface area contributed by atoms with Crippen molar-refractivity contribution in [1.29, 1.82) is 0 Å². The Kier molecular flexibility index (Phi) is 5.15. The van der Waals surface area contributed by atoms with Crippen LogP contribution in [0.15, 0.2) is 0 Å². The first-order chi connectivity index (χ1) is 6.79. The van der Waals surface area contributed by atoms with E-state index >= 15 is 0 Å². The summed E-state index contributed by atoms with van der Waals surface area (Å²) < 4.78 is 0. The Hall–Kier alpha value is -0.960. The van der Waals surface area contributed by atoms with Crippen molar-refractivity contribution in [3.8, 4) is 23.7 Å². The third kappa shape index (κ3) is 4.92. The van der Waals surface area contributed by atoms with E-state index in [0.717, 1.165) is 25.7 Å². The minimum absolute atomic E-state index is 0.503. The summed E-state index contributed by atoms with van der Waals surface area (Å²) in [5.41, 5.74) is 0. The molecule has 0 fully saturated rings. The van der Waals surface area contributed by atoms with E-state index < -0.39 is 12.2 Å². The second kappa shape index (κ2) is 6.49. The molecule has 0 aromatic carbocycles. The number of rotatable bonds is 0. The third-order valence-corrected chi connectivity index (χ3v) is 2.10. The van der Waals surface area contributed by atoms with Gasteiger partial charge < -0.3 is 10.2 Å². The highest BCUT2D eigenvalue weighted by atomic mass is 16.3. The Morgan fingerprint density at radius 3 is 1.64 bits per heavy atom. The van der Waals surface area contributed by atoms with Crippen LogP contribution in [0.5, 0.6) is 0 Å². The molecule has 1 aliphatic rings. The van der Waals surface area contributed by atoms with Gasteiger partial charge in [-0.25, -0.2) is 0 Å². The zero-order valence-electron chi connectivity index (χ0n) is 8.29. The van der Waals surface area contributed by atoms with Gasteiger partial charge in [0, 0.05) is 12.8 Å². The molecular weight excluding hydrogens is 176 g/mol. The number of hydrogen-bond donors (Lipinski definition) is 2. The summed E-state index contributed by atoms with van der Waals surface area (Å²) in [5.74, 6) is 11.4. The normalized spacial score (nSPS) is 28.4. The zero-order chi connectivity index (χ0) is 10.2. The molecule has 0 aromatic rings. The van der Waals surface area contributed by atoms with Crippen LogP contribution < -0.4 is 0 Å². The van der Waals surface area contributed by atoms with Crippen molar-refractivity contribution in [2.24, 2.45) is 0 Å². The van der Waals surface area contributed by atoms with E-state index in [-0.39, 0.29) is 0 Å². The lowest BCUT2D eigenvalue weighted by Gasteiger charge is -2.05. The first-order valence-corrected chi connectivity index (χ1v) is 5.12. The predicted molar refractivity (Wildman–Crippen MR) is 55.3 cm³/mol.